The second kappa shape index (κ2) is 7.77. The van der Waals surface area contributed by atoms with Gasteiger partial charge < -0.3 is 5.73 Å². The van der Waals surface area contributed by atoms with E-state index in [1.807, 2.05) is 6.08 Å². The van der Waals surface area contributed by atoms with E-state index in [1.165, 1.54) is 50.8 Å². The molecule has 1 heterocycles. The monoisotopic (exact) mass is 286 g/mol. The minimum Gasteiger partial charge on any atom is -0.320 e. The molecular weight excluding hydrogens is 256 g/mol. The van der Waals surface area contributed by atoms with Crippen molar-refractivity contribution >= 4 is 0 Å². The molecule has 2 N–H and O–H groups in total. The average Bonchev–Trinajstić information content (AvgIpc) is 3.03. The van der Waals surface area contributed by atoms with Crippen molar-refractivity contribution in [1.29, 1.82) is 0 Å². The number of rotatable bonds is 8. The molecule has 1 fully saturated rings. The lowest BCUT2D eigenvalue weighted by Crippen LogP contribution is -2.55. The fourth-order valence-corrected chi connectivity index (χ4v) is 3.65. The van der Waals surface area contributed by atoms with Crippen LogP contribution >= 0.6 is 0 Å². The molecule has 1 aromatic rings. The Hall–Kier alpha value is -1.12. The first-order chi connectivity index (χ1) is 10.2. The van der Waals surface area contributed by atoms with Crippen LogP contribution < -0.4 is 5.73 Å². The minimum absolute atomic E-state index is 0.317. The Morgan fingerprint density at radius 1 is 1.29 bits per heavy atom. The Kier molecular flexibility index (Phi) is 6.01. The molecule has 21 heavy (non-hydrogen) atoms. The molecule has 1 saturated heterocycles. The molecule has 0 amide bonds. The van der Waals surface area contributed by atoms with Crippen molar-refractivity contribution in [3.63, 3.8) is 0 Å². The van der Waals surface area contributed by atoms with E-state index in [-0.39, 0.29) is 5.54 Å². The average molecular weight is 286 g/mol. The molecule has 0 bridgehead atoms. The van der Waals surface area contributed by atoms with Gasteiger partial charge >= 0.3 is 0 Å². The van der Waals surface area contributed by atoms with Crippen molar-refractivity contribution in [2.45, 2.75) is 57.0 Å². The predicted molar refractivity (Wildman–Crippen MR) is 91.2 cm³/mol. The first-order valence-corrected chi connectivity index (χ1v) is 8.41. The molecule has 2 atom stereocenters. The molecule has 2 rings (SSSR count). The Bertz CT molecular complexity index is 422. The first kappa shape index (κ1) is 16.3. The van der Waals surface area contributed by atoms with Crippen LogP contribution in [-0.4, -0.2) is 24.0 Å². The van der Waals surface area contributed by atoms with E-state index in [1.54, 1.807) is 0 Å². The van der Waals surface area contributed by atoms with Gasteiger partial charge in [0.1, 0.15) is 0 Å². The maximum absolute atomic E-state index is 6.98. The van der Waals surface area contributed by atoms with E-state index < -0.39 is 0 Å². The van der Waals surface area contributed by atoms with Crippen LogP contribution in [0.1, 0.15) is 51.0 Å². The lowest BCUT2D eigenvalue weighted by molar-refractivity contribution is 0.134. The zero-order valence-corrected chi connectivity index (χ0v) is 13.4. The predicted octanol–water partition coefficient (Wildman–Crippen LogP) is 4.07. The molecule has 0 aromatic heterocycles. The Labute approximate surface area is 130 Å². The summed E-state index contributed by atoms with van der Waals surface area (Å²) >= 11 is 0. The maximum Gasteiger partial charge on any atom is 0.0602 e. The number of nitrogens with zero attached hydrogens (tertiary/aromatic N) is 1. The SMILES string of the molecule is C=CCC(N)(c1ccccc1)C(CCCC)N1CCCC1. The molecule has 0 radical (unpaired) electrons. The van der Waals surface area contributed by atoms with Crippen LogP contribution in [0.5, 0.6) is 0 Å². The molecule has 0 saturated carbocycles. The molecule has 1 aliphatic rings. The number of likely N-dealkylation sites (tertiary alicyclic amines) is 1. The molecule has 116 valence electrons. The van der Waals surface area contributed by atoms with Gasteiger partial charge in [0.05, 0.1) is 5.54 Å². The quantitative estimate of drug-likeness (QED) is 0.730. The molecule has 0 spiro atoms. The highest BCUT2D eigenvalue weighted by molar-refractivity contribution is 5.27. The van der Waals surface area contributed by atoms with Gasteiger partial charge in [-0.15, -0.1) is 6.58 Å². The summed E-state index contributed by atoms with van der Waals surface area (Å²) in [6, 6.07) is 11.0. The van der Waals surface area contributed by atoms with Crippen LogP contribution in [0.3, 0.4) is 0 Å². The number of unbranched alkanes of at least 4 members (excludes halogenated alkanes) is 1. The number of benzene rings is 1. The molecule has 2 nitrogen and oxygen atoms in total. The van der Waals surface area contributed by atoms with Gasteiger partial charge in [0.15, 0.2) is 0 Å². The fraction of sp³-hybridized carbons (Fsp3) is 0.579. The minimum atomic E-state index is -0.317. The smallest absolute Gasteiger partial charge is 0.0602 e. The molecule has 1 aromatic carbocycles. The van der Waals surface area contributed by atoms with E-state index in [0.717, 1.165) is 6.42 Å². The van der Waals surface area contributed by atoms with Crippen molar-refractivity contribution in [3.8, 4) is 0 Å². The van der Waals surface area contributed by atoms with Crippen molar-refractivity contribution in [3.05, 3.63) is 48.6 Å². The van der Waals surface area contributed by atoms with Crippen molar-refractivity contribution in [2.75, 3.05) is 13.1 Å². The lowest BCUT2D eigenvalue weighted by Gasteiger charge is -2.43. The number of hydrogen-bond acceptors (Lipinski definition) is 2. The van der Waals surface area contributed by atoms with Gasteiger partial charge in [-0.25, -0.2) is 0 Å². The maximum atomic E-state index is 6.98. The van der Waals surface area contributed by atoms with Gasteiger partial charge in [-0.1, -0.05) is 56.2 Å². The summed E-state index contributed by atoms with van der Waals surface area (Å²) < 4.78 is 0. The zero-order valence-electron chi connectivity index (χ0n) is 13.4. The largest absolute Gasteiger partial charge is 0.320 e. The van der Waals surface area contributed by atoms with Crippen molar-refractivity contribution < 1.29 is 0 Å². The van der Waals surface area contributed by atoms with E-state index in [9.17, 15) is 0 Å². The molecular formula is C19H30N2. The Balaban J connectivity index is 2.32. The van der Waals surface area contributed by atoms with Gasteiger partial charge in [0.2, 0.25) is 0 Å². The summed E-state index contributed by atoms with van der Waals surface area (Å²) in [6.45, 7) is 8.60. The number of nitrogens with two attached hydrogens (primary N) is 1. The van der Waals surface area contributed by atoms with E-state index in [4.69, 9.17) is 5.73 Å². The second-order valence-corrected chi connectivity index (χ2v) is 6.30. The third-order valence-corrected chi connectivity index (χ3v) is 4.80. The highest BCUT2D eigenvalue weighted by atomic mass is 15.2. The standard InChI is InChI=1S/C19H30N2/c1-3-5-13-18(21-15-9-10-16-21)19(20,14-4-2)17-11-7-6-8-12-17/h4,6-8,11-12,18H,2-3,5,9-10,13-16,20H2,1H3. The van der Waals surface area contributed by atoms with Crippen LogP contribution in [-0.2, 0) is 5.54 Å². The number of hydrogen-bond donors (Lipinski definition) is 1. The van der Waals surface area contributed by atoms with Crippen LogP contribution in [0, 0.1) is 0 Å². The summed E-state index contributed by atoms with van der Waals surface area (Å²) in [6.07, 6.45) is 9.08. The van der Waals surface area contributed by atoms with Crippen LogP contribution in [0.25, 0.3) is 0 Å². The van der Waals surface area contributed by atoms with Gasteiger partial charge in [-0.05, 0) is 44.3 Å². The summed E-state index contributed by atoms with van der Waals surface area (Å²) in [5, 5.41) is 0. The van der Waals surface area contributed by atoms with E-state index >= 15 is 0 Å². The fourth-order valence-electron chi connectivity index (χ4n) is 3.65. The molecule has 0 aliphatic carbocycles. The second-order valence-electron chi connectivity index (χ2n) is 6.30. The lowest BCUT2D eigenvalue weighted by atomic mass is 9.78. The third-order valence-electron chi connectivity index (χ3n) is 4.80. The Morgan fingerprint density at radius 3 is 2.52 bits per heavy atom. The van der Waals surface area contributed by atoms with Crippen LogP contribution in [0.2, 0.25) is 0 Å². The van der Waals surface area contributed by atoms with Gasteiger partial charge in [-0.2, -0.15) is 0 Å². The Morgan fingerprint density at radius 2 is 1.95 bits per heavy atom. The van der Waals surface area contributed by atoms with Crippen molar-refractivity contribution in [2.24, 2.45) is 5.73 Å². The summed E-state index contributed by atoms with van der Waals surface area (Å²) in [5.74, 6) is 0. The molecule has 2 unspecified atom stereocenters. The molecule has 2 heteroatoms. The third kappa shape index (κ3) is 3.75. The van der Waals surface area contributed by atoms with E-state index in [2.05, 4.69) is 48.7 Å². The summed E-state index contributed by atoms with van der Waals surface area (Å²) in [5.41, 5.74) is 7.91. The first-order valence-electron chi connectivity index (χ1n) is 8.41. The highest BCUT2D eigenvalue weighted by Crippen LogP contribution is 2.34. The van der Waals surface area contributed by atoms with Gasteiger partial charge in [0.25, 0.3) is 0 Å². The van der Waals surface area contributed by atoms with Gasteiger partial charge in [-0.3, -0.25) is 4.90 Å². The highest BCUT2D eigenvalue weighted by Gasteiger charge is 2.39. The van der Waals surface area contributed by atoms with Crippen LogP contribution in [0.4, 0.5) is 0 Å². The summed E-state index contributed by atoms with van der Waals surface area (Å²) in [4.78, 5) is 2.62. The summed E-state index contributed by atoms with van der Waals surface area (Å²) in [7, 11) is 0. The topological polar surface area (TPSA) is 29.3 Å². The van der Waals surface area contributed by atoms with Gasteiger partial charge in [0, 0.05) is 6.04 Å². The molecule has 1 aliphatic heterocycles. The normalized spacial score (nSPS) is 20.1. The van der Waals surface area contributed by atoms with Crippen molar-refractivity contribution in [1.82, 2.24) is 4.90 Å². The van der Waals surface area contributed by atoms with Crippen LogP contribution in [0.15, 0.2) is 43.0 Å². The zero-order chi connectivity index (χ0) is 15.1. The van der Waals surface area contributed by atoms with E-state index in [0.29, 0.717) is 6.04 Å².